The number of fused-ring (bicyclic) bond motifs is 1. The summed E-state index contributed by atoms with van der Waals surface area (Å²) in [5.41, 5.74) is 11.6. The van der Waals surface area contributed by atoms with Crippen LogP contribution in [0.3, 0.4) is 0 Å². The first-order valence-corrected chi connectivity index (χ1v) is 24.2. The van der Waals surface area contributed by atoms with Gasteiger partial charge in [-0.2, -0.15) is 0 Å². The highest BCUT2D eigenvalue weighted by Crippen LogP contribution is 2.47. The molecular formula is C61H64O8. The van der Waals surface area contributed by atoms with Crippen LogP contribution in [0.5, 0.6) is 11.5 Å². The molecule has 8 heteroatoms. The molecule has 1 fully saturated rings. The molecule has 7 aromatic rings. The maximum absolute atomic E-state index is 7.21. The Morgan fingerprint density at radius 2 is 1.01 bits per heavy atom. The van der Waals surface area contributed by atoms with Crippen LogP contribution in [-0.2, 0) is 67.9 Å². The van der Waals surface area contributed by atoms with E-state index in [1.165, 1.54) is 22.3 Å². The van der Waals surface area contributed by atoms with Crippen LogP contribution >= 0.6 is 0 Å². The van der Waals surface area contributed by atoms with Crippen LogP contribution in [0.2, 0.25) is 0 Å². The van der Waals surface area contributed by atoms with E-state index in [0.29, 0.717) is 57.7 Å². The molecule has 9 rings (SSSR count). The molecule has 0 aromatic heterocycles. The van der Waals surface area contributed by atoms with E-state index in [9.17, 15) is 0 Å². The summed E-state index contributed by atoms with van der Waals surface area (Å²) >= 11 is 0. The Labute approximate surface area is 408 Å². The van der Waals surface area contributed by atoms with Gasteiger partial charge in [0.15, 0.2) is 17.8 Å². The fourth-order valence-corrected chi connectivity index (χ4v) is 9.70. The summed E-state index contributed by atoms with van der Waals surface area (Å²) in [5.74, 6) is 1.35. The highest BCUT2D eigenvalue weighted by Gasteiger charge is 2.46. The predicted molar refractivity (Wildman–Crippen MR) is 269 cm³/mol. The van der Waals surface area contributed by atoms with E-state index in [-0.39, 0.29) is 24.4 Å². The molecule has 0 N–H and O–H groups in total. The Balaban J connectivity index is 1.05. The highest BCUT2D eigenvalue weighted by molar-refractivity contribution is 5.51. The van der Waals surface area contributed by atoms with Crippen LogP contribution in [0.15, 0.2) is 182 Å². The van der Waals surface area contributed by atoms with Crippen molar-refractivity contribution >= 4 is 0 Å². The van der Waals surface area contributed by atoms with E-state index in [4.69, 9.17) is 37.9 Å². The van der Waals surface area contributed by atoms with Crippen molar-refractivity contribution in [1.29, 1.82) is 0 Å². The van der Waals surface area contributed by atoms with Crippen molar-refractivity contribution in [2.45, 2.75) is 83.8 Å². The summed E-state index contributed by atoms with van der Waals surface area (Å²) in [7, 11) is 1.71. The molecule has 0 saturated carbocycles. The molecule has 2 aliphatic rings. The second-order valence-corrected chi connectivity index (χ2v) is 18.3. The number of ether oxygens (including phenoxy) is 8. The van der Waals surface area contributed by atoms with Crippen molar-refractivity contribution in [2.24, 2.45) is 11.8 Å². The topological polar surface area (TPSA) is 73.8 Å². The zero-order valence-corrected chi connectivity index (χ0v) is 40.0. The van der Waals surface area contributed by atoms with Gasteiger partial charge >= 0.3 is 0 Å². The van der Waals surface area contributed by atoms with Gasteiger partial charge in [0.05, 0.1) is 53.4 Å². The van der Waals surface area contributed by atoms with Crippen molar-refractivity contribution in [3.8, 4) is 11.5 Å². The van der Waals surface area contributed by atoms with Crippen LogP contribution < -0.4 is 9.47 Å². The average molecular weight is 925 g/mol. The Hall–Kier alpha value is -6.10. The van der Waals surface area contributed by atoms with Gasteiger partial charge in [-0.25, -0.2) is 0 Å². The fourth-order valence-electron chi connectivity index (χ4n) is 9.70. The quantitative estimate of drug-likeness (QED) is 0.0706. The summed E-state index contributed by atoms with van der Waals surface area (Å²) in [6.45, 7) is 7.65. The summed E-state index contributed by atoms with van der Waals surface area (Å²) < 4.78 is 53.6. The molecule has 1 aliphatic carbocycles. The number of methoxy groups -OCH3 is 1. The van der Waals surface area contributed by atoms with Gasteiger partial charge in [-0.3, -0.25) is 0 Å². The molecule has 0 bridgehead atoms. The summed E-state index contributed by atoms with van der Waals surface area (Å²) in [6, 6.07) is 62.4. The lowest BCUT2D eigenvalue weighted by atomic mass is 9.66. The lowest BCUT2D eigenvalue weighted by Gasteiger charge is -2.44. The minimum absolute atomic E-state index is 0.0368. The maximum Gasteiger partial charge on any atom is 0.186 e. The molecule has 8 nitrogen and oxygen atoms in total. The lowest BCUT2D eigenvalue weighted by Crippen LogP contribution is -2.57. The van der Waals surface area contributed by atoms with Gasteiger partial charge in [-0.1, -0.05) is 170 Å². The first-order chi connectivity index (χ1) is 34.0. The molecule has 69 heavy (non-hydrogen) atoms. The number of aryl methyl sites for hydroxylation is 2. The van der Waals surface area contributed by atoms with E-state index in [1.54, 1.807) is 7.11 Å². The Kier molecular flexibility index (Phi) is 16.6. The summed E-state index contributed by atoms with van der Waals surface area (Å²) in [5, 5.41) is 0. The molecule has 1 aliphatic heterocycles. The first-order valence-electron chi connectivity index (χ1n) is 24.2. The van der Waals surface area contributed by atoms with Crippen LogP contribution in [0, 0.1) is 25.7 Å². The SMILES string of the molecule is COc1cc([C@@H]2c3cc(C)c(C)cc3C[C@H](COCc3ccccc3)[C@H]2CO[C@@H]2OC[C@@H](OCc3ccccc3)[C@H](OCc3ccccc3)[C@H]2OCc2ccccc2)ccc1OCc1ccccc1. The van der Waals surface area contributed by atoms with Gasteiger partial charge in [-0.15, -0.1) is 0 Å². The molecule has 0 spiro atoms. The number of hydrogen-bond donors (Lipinski definition) is 0. The lowest BCUT2D eigenvalue weighted by molar-refractivity contribution is -0.302. The number of rotatable bonds is 21. The van der Waals surface area contributed by atoms with Crippen LogP contribution in [0.1, 0.15) is 61.6 Å². The first kappa shape index (κ1) is 47.9. The summed E-state index contributed by atoms with van der Waals surface area (Å²) in [6.07, 6.45) is -1.49. The normalized spacial score (nSPS) is 21.1. The molecule has 0 radical (unpaired) electrons. The van der Waals surface area contributed by atoms with Crippen LogP contribution in [0.4, 0.5) is 0 Å². The van der Waals surface area contributed by atoms with E-state index in [1.807, 2.05) is 84.9 Å². The molecular weight excluding hydrogens is 861 g/mol. The predicted octanol–water partition coefficient (Wildman–Crippen LogP) is 12.2. The highest BCUT2D eigenvalue weighted by atomic mass is 16.7. The van der Waals surface area contributed by atoms with Gasteiger partial charge in [0, 0.05) is 5.92 Å². The second-order valence-electron chi connectivity index (χ2n) is 18.3. The Morgan fingerprint density at radius 1 is 0.493 bits per heavy atom. The van der Waals surface area contributed by atoms with Crippen molar-refractivity contribution in [1.82, 2.24) is 0 Å². The van der Waals surface area contributed by atoms with Gasteiger partial charge < -0.3 is 37.9 Å². The van der Waals surface area contributed by atoms with Crippen LogP contribution in [-0.4, -0.2) is 51.5 Å². The average Bonchev–Trinajstić information content (AvgIpc) is 3.40. The molecule has 0 unspecified atom stereocenters. The van der Waals surface area contributed by atoms with Crippen molar-refractivity contribution in [3.63, 3.8) is 0 Å². The van der Waals surface area contributed by atoms with Crippen molar-refractivity contribution in [2.75, 3.05) is 26.9 Å². The second kappa shape index (κ2) is 24.0. The standard InChI is InChI=1S/C61H64O8/c1-43-31-51-33-52(40-63-35-45-19-9-4-10-20-45)54(58(53(51)32-44(43)2)50-29-30-55(56(34-50)62-3)64-36-46-21-11-5-12-22-46)41-68-61-60(67-39-49-27-17-8-18-28-49)59(66-38-48-25-15-7-16-26-48)57(42-69-61)65-37-47-23-13-6-14-24-47/h4-32,34,52,54,57-61H,33,35-42H2,1-3H3/t52-,54-,57-,58-,59+,60-,61-/m1/s1. The third kappa shape index (κ3) is 12.6. The maximum atomic E-state index is 7.21. The van der Waals surface area contributed by atoms with E-state index in [2.05, 4.69) is 111 Å². The zero-order valence-electron chi connectivity index (χ0n) is 40.0. The molecule has 0 amide bonds. The molecule has 356 valence electrons. The van der Waals surface area contributed by atoms with E-state index in [0.717, 1.165) is 39.8 Å². The molecule has 1 heterocycles. The molecule has 7 aromatic carbocycles. The number of hydrogen-bond acceptors (Lipinski definition) is 8. The number of benzene rings is 7. The molecule has 7 atom stereocenters. The zero-order chi connectivity index (χ0) is 47.2. The van der Waals surface area contributed by atoms with Gasteiger partial charge in [0.1, 0.15) is 24.9 Å². The van der Waals surface area contributed by atoms with Gasteiger partial charge in [0.25, 0.3) is 0 Å². The van der Waals surface area contributed by atoms with Crippen molar-refractivity contribution in [3.05, 3.63) is 238 Å². The largest absolute Gasteiger partial charge is 0.493 e. The van der Waals surface area contributed by atoms with Crippen LogP contribution in [0.25, 0.3) is 0 Å². The monoisotopic (exact) mass is 924 g/mol. The fraction of sp³-hybridized carbons (Fsp3) is 0.311. The third-order valence-corrected chi connectivity index (χ3v) is 13.5. The van der Waals surface area contributed by atoms with Gasteiger partial charge in [-0.05, 0) is 99.9 Å². The van der Waals surface area contributed by atoms with E-state index >= 15 is 0 Å². The van der Waals surface area contributed by atoms with Crippen molar-refractivity contribution < 1.29 is 37.9 Å². The Bertz CT molecular complexity index is 2630. The smallest absolute Gasteiger partial charge is 0.186 e. The minimum atomic E-state index is -0.762. The summed E-state index contributed by atoms with van der Waals surface area (Å²) in [4.78, 5) is 0. The third-order valence-electron chi connectivity index (χ3n) is 13.5. The van der Waals surface area contributed by atoms with E-state index < -0.39 is 24.6 Å². The Morgan fingerprint density at radius 3 is 1.59 bits per heavy atom. The minimum Gasteiger partial charge on any atom is -0.493 e. The molecule has 1 saturated heterocycles. The van der Waals surface area contributed by atoms with Gasteiger partial charge in [0.2, 0.25) is 0 Å².